The van der Waals surface area contributed by atoms with Gasteiger partial charge in [-0.2, -0.15) is 17.9 Å². The van der Waals surface area contributed by atoms with Crippen LogP contribution in [0.1, 0.15) is 12.5 Å². The fourth-order valence-corrected chi connectivity index (χ4v) is 2.51. The lowest BCUT2D eigenvalue weighted by Crippen LogP contribution is -2.43. The fraction of sp³-hybridized carbons (Fsp3) is 0.444. The molecule has 0 aliphatic carbocycles. The Kier molecular flexibility index (Phi) is 3.78. The molecule has 0 spiro atoms. The molecule has 0 saturated heterocycles. The van der Waals surface area contributed by atoms with Gasteiger partial charge in [0.05, 0.1) is 0 Å². The van der Waals surface area contributed by atoms with E-state index in [0.717, 1.165) is 13.1 Å². The number of aromatic nitrogens is 1. The van der Waals surface area contributed by atoms with Crippen LogP contribution in [0.4, 0.5) is 13.2 Å². The summed E-state index contributed by atoms with van der Waals surface area (Å²) in [6, 6.07) is -0.737. The lowest BCUT2D eigenvalue weighted by molar-refractivity contribution is -0.147. The van der Waals surface area contributed by atoms with Gasteiger partial charge in [0.1, 0.15) is 10.9 Å². The average Bonchev–Trinajstić information content (AvgIpc) is 2.15. The molecule has 1 N–H and O–H groups in total. The third-order valence-electron chi connectivity index (χ3n) is 2.10. The molecular weight excluding hydrogens is 257 g/mol. The van der Waals surface area contributed by atoms with Gasteiger partial charge in [-0.25, -0.2) is 8.42 Å². The number of hydrogen-bond acceptors (Lipinski definition) is 3. The molecule has 17 heavy (non-hydrogen) atoms. The van der Waals surface area contributed by atoms with E-state index >= 15 is 0 Å². The maximum atomic E-state index is 12.3. The van der Waals surface area contributed by atoms with Gasteiger partial charge in [-0.3, -0.25) is 4.98 Å². The predicted octanol–water partition coefficient (Wildman–Crippen LogP) is 1.62. The molecule has 1 rings (SSSR count). The van der Waals surface area contributed by atoms with Crippen LogP contribution in [0.15, 0.2) is 23.4 Å². The molecule has 1 heterocycles. The highest BCUT2D eigenvalue weighted by atomic mass is 32.2. The van der Waals surface area contributed by atoms with Crippen molar-refractivity contribution in [2.75, 3.05) is 0 Å². The second kappa shape index (κ2) is 4.61. The predicted molar refractivity (Wildman–Crippen MR) is 54.8 cm³/mol. The van der Waals surface area contributed by atoms with Crippen LogP contribution in [-0.2, 0) is 10.0 Å². The van der Waals surface area contributed by atoms with Gasteiger partial charge in [0.2, 0.25) is 10.0 Å². The van der Waals surface area contributed by atoms with Gasteiger partial charge in [-0.1, -0.05) is 0 Å². The summed E-state index contributed by atoms with van der Waals surface area (Å²) < 4.78 is 61.6. The third kappa shape index (κ3) is 3.40. The monoisotopic (exact) mass is 268 g/mol. The van der Waals surface area contributed by atoms with Gasteiger partial charge in [0.15, 0.2) is 0 Å². The highest BCUT2D eigenvalue weighted by Gasteiger charge is 2.39. The van der Waals surface area contributed by atoms with Crippen molar-refractivity contribution in [3.05, 3.63) is 24.0 Å². The molecule has 8 heteroatoms. The Hall–Kier alpha value is -1.15. The molecule has 1 aromatic heterocycles. The first kappa shape index (κ1) is 13.9. The average molecular weight is 268 g/mol. The molecular formula is C9H11F3N2O2S. The Bertz CT molecular complexity index is 499. The van der Waals surface area contributed by atoms with E-state index in [4.69, 9.17) is 0 Å². The van der Waals surface area contributed by atoms with Crippen LogP contribution in [0.5, 0.6) is 0 Å². The Morgan fingerprint density at radius 1 is 1.41 bits per heavy atom. The normalized spacial score (nSPS) is 14.6. The molecule has 0 aliphatic heterocycles. The Morgan fingerprint density at radius 2 is 2.00 bits per heavy atom. The number of nitrogens with one attached hydrogen (secondary N) is 1. The molecule has 0 aliphatic rings. The first-order chi connectivity index (χ1) is 7.64. The molecule has 1 atom stereocenters. The quantitative estimate of drug-likeness (QED) is 0.906. The summed E-state index contributed by atoms with van der Waals surface area (Å²) >= 11 is 0. The van der Waals surface area contributed by atoms with Gasteiger partial charge in [-0.15, -0.1) is 0 Å². The van der Waals surface area contributed by atoms with Crippen molar-refractivity contribution >= 4 is 10.0 Å². The third-order valence-corrected chi connectivity index (χ3v) is 3.77. The molecule has 1 aromatic rings. The van der Waals surface area contributed by atoms with Crippen molar-refractivity contribution in [3.8, 4) is 0 Å². The number of sulfonamides is 1. The largest absolute Gasteiger partial charge is 0.404 e. The maximum absolute atomic E-state index is 12.3. The maximum Gasteiger partial charge on any atom is 0.404 e. The Balaban J connectivity index is 3.03. The van der Waals surface area contributed by atoms with Crippen LogP contribution < -0.4 is 4.72 Å². The summed E-state index contributed by atoms with van der Waals surface area (Å²) in [4.78, 5) is 3.33. The second-order valence-electron chi connectivity index (χ2n) is 3.53. The fourth-order valence-electron chi connectivity index (χ4n) is 1.09. The lowest BCUT2D eigenvalue weighted by atomic mass is 10.3. The van der Waals surface area contributed by atoms with Gasteiger partial charge < -0.3 is 0 Å². The summed E-state index contributed by atoms with van der Waals surface area (Å²) in [5.74, 6) is 0. The van der Waals surface area contributed by atoms with E-state index in [1.807, 2.05) is 0 Å². The van der Waals surface area contributed by atoms with Crippen molar-refractivity contribution in [1.82, 2.24) is 9.71 Å². The lowest BCUT2D eigenvalue weighted by Gasteiger charge is -2.17. The van der Waals surface area contributed by atoms with Gasteiger partial charge in [0.25, 0.3) is 0 Å². The summed E-state index contributed by atoms with van der Waals surface area (Å²) in [7, 11) is -4.21. The van der Waals surface area contributed by atoms with Crippen molar-refractivity contribution in [2.24, 2.45) is 0 Å². The van der Waals surface area contributed by atoms with E-state index in [2.05, 4.69) is 4.98 Å². The van der Waals surface area contributed by atoms with Crippen molar-refractivity contribution < 1.29 is 21.6 Å². The standard InChI is InChI=1S/C9H11F3N2O2S/c1-6-3-4-13-5-8(6)17(15,16)14-7(2)9(10,11)12/h3-5,7,14H,1-2H3/t7-/m0/s1. The molecule has 0 aromatic carbocycles. The molecule has 96 valence electrons. The van der Waals surface area contributed by atoms with Crippen molar-refractivity contribution in [3.63, 3.8) is 0 Å². The second-order valence-corrected chi connectivity index (χ2v) is 5.21. The van der Waals surface area contributed by atoms with Crippen LogP contribution in [0, 0.1) is 6.92 Å². The molecule has 0 unspecified atom stereocenters. The highest BCUT2D eigenvalue weighted by Crippen LogP contribution is 2.22. The summed E-state index contributed by atoms with van der Waals surface area (Å²) in [5, 5.41) is 0. The minimum absolute atomic E-state index is 0.254. The van der Waals surface area contributed by atoms with E-state index in [0.29, 0.717) is 5.56 Å². The topological polar surface area (TPSA) is 59.1 Å². The molecule has 0 amide bonds. The number of nitrogens with zero attached hydrogens (tertiary/aromatic N) is 1. The van der Waals surface area contributed by atoms with E-state index < -0.39 is 22.2 Å². The van der Waals surface area contributed by atoms with Crippen LogP contribution >= 0.6 is 0 Å². The van der Waals surface area contributed by atoms with Crippen LogP contribution in [0.2, 0.25) is 0 Å². The summed E-state index contributed by atoms with van der Waals surface area (Å²) in [5.41, 5.74) is 0.335. The first-order valence-electron chi connectivity index (χ1n) is 4.64. The number of alkyl halides is 3. The van der Waals surface area contributed by atoms with E-state index in [-0.39, 0.29) is 4.90 Å². The molecule has 0 bridgehead atoms. The van der Waals surface area contributed by atoms with Gasteiger partial charge >= 0.3 is 6.18 Å². The van der Waals surface area contributed by atoms with Crippen LogP contribution in [0.3, 0.4) is 0 Å². The van der Waals surface area contributed by atoms with E-state index in [9.17, 15) is 21.6 Å². The molecule has 4 nitrogen and oxygen atoms in total. The number of rotatable bonds is 3. The van der Waals surface area contributed by atoms with E-state index in [1.54, 1.807) is 4.72 Å². The molecule has 0 radical (unpaired) electrons. The Morgan fingerprint density at radius 3 is 2.47 bits per heavy atom. The zero-order valence-electron chi connectivity index (χ0n) is 9.12. The zero-order chi connectivity index (χ0) is 13.3. The smallest absolute Gasteiger partial charge is 0.263 e. The van der Waals surface area contributed by atoms with E-state index in [1.165, 1.54) is 19.2 Å². The zero-order valence-corrected chi connectivity index (χ0v) is 9.93. The SMILES string of the molecule is Cc1ccncc1S(=O)(=O)N[C@@H](C)C(F)(F)F. The van der Waals surface area contributed by atoms with Crippen LogP contribution in [0.25, 0.3) is 0 Å². The van der Waals surface area contributed by atoms with Crippen molar-refractivity contribution in [1.29, 1.82) is 0 Å². The summed E-state index contributed by atoms with van der Waals surface area (Å²) in [6.07, 6.45) is -2.24. The Labute approximate surface area is 96.9 Å². The number of aryl methyl sites for hydroxylation is 1. The number of pyridine rings is 1. The minimum Gasteiger partial charge on any atom is -0.263 e. The molecule has 0 fully saturated rings. The highest BCUT2D eigenvalue weighted by molar-refractivity contribution is 7.89. The minimum atomic E-state index is -4.62. The van der Waals surface area contributed by atoms with Gasteiger partial charge in [0, 0.05) is 12.4 Å². The number of halogens is 3. The first-order valence-corrected chi connectivity index (χ1v) is 6.12. The van der Waals surface area contributed by atoms with Gasteiger partial charge in [-0.05, 0) is 25.5 Å². The molecule has 0 saturated carbocycles. The number of hydrogen-bond donors (Lipinski definition) is 1. The van der Waals surface area contributed by atoms with Crippen molar-refractivity contribution in [2.45, 2.75) is 31.0 Å². The summed E-state index contributed by atoms with van der Waals surface area (Å²) in [6.45, 7) is 2.22. The van der Waals surface area contributed by atoms with Crippen LogP contribution in [-0.4, -0.2) is 25.6 Å².